The van der Waals surface area contributed by atoms with Crippen LogP contribution >= 0.6 is 0 Å². The van der Waals surface area contributed by atoms with E-state index in [1.165, 1.54) is 24.9 Å². The van der Waals surface area contributed by atoms with Crippen LogP contribution in [0.4, 0.5) is 0 Å². The van der Waals surface area contributed by atoms with Crippen molar-refractivity contribution < 1.29 is 0 Å². The maximum absolute atomic E-state index is 2.59. The maximum Gasteiger partial charge on any atom is 0.0198 e. The molecule has 76 valence electrons. The largest absolute Gasteiger partial charge is 0.295 e. The van der Waals surface area contributed by atoms with Gasteiger partial charge >= 0.3 is 0 Å². The first-order valence-electron chi connectivity index (χ1n) is 5.61. The summed E-state index contributed by atoms with van der Waals surface area (Å²) in [4.78, 5) is 2.59. The van der Waals surface area contributed by atoms with Crippen LogP contribution in [0.3, 0.4) is 0 Å². The van der Waals surface area contributed by atoms with Crippen molar-refractivity contribution in [3.05, 3.63) is 35.9 Å². The van der Waals surface area contributed by atoms with E-state index in [2.05, 4.69) is 49.1 Å². The van der Waals surface area contributed by atoms with Crippen LogP contribution in [0.15, 0.2) is 30.3 Å². The Morgan fingerprint density at radius 2 is 2.00 bits per heavy atom. The first-order valence-corrected chi connectivity index (χ1v) is 5.61. The molecule has 1 aliphatic heterocycles. The Hall–Kier alpha value is -0.820. The summed E-state index contributed by atoms with van der Waals surface area (Å²) in [5.41, 5.74) is 1.47. The molecule has 0 saturated carbocycles. The Morgan fingerprint density at radius 3 is 2.50 bits per heavy atom. The monoisotopic (exact) mass is 189 g/mol. The zero-order chi connectivity index (χ0) is 9.97. The van der Waals surface area contributed by atoms with E-state index in [0.29, 0.717) is 0 Å². The van der Waals surface area contributed by atoms with Gasteiger partial charge in [-0.05, 0) is 25.3 Å². The second-order valence-corrected chi connectivity index (χ2v) is 4.30. The molecule has 0 spiro atoms. The van der Waals surface area contributed by atoms with Crippen molar-refractivity contribution in [1.82, 2.24) is 4.90 Å². The van der Waals surface area contributed by atoms with Crippen LogP contribution in [0.1, 0.15) is 25.8 Å². The Morgan fingerprint density at radius 1 is 1.36 bits per heavy atom. The summed E-state index contributed by atoms with van der Waals surface area (Å²) in [6.07, 6.45) is 2.47. The molecule has 0 amide bonds. The van der Waals surface area contributed by atoms with Crippen LogP contribution in [-0.2, 0) is 6.42 Å². The highest BCUT2D eigenvalue weighted by molar-refractivity contribution is 5.16. The highest BCUT2D eigenvalue weighted by atomic mass is 15.3. The average Bonchev–Trinajstić information content (AvgIpc) is 2.93. The second kappa shape index (κ2) is 4.14. The minimum atomic E-state index is 0.757. The fourth-order valence-corrected chi connectivity index (χ4v) is 2.15. The normalized spacial score (nSPS) is 27.3. The Labute approximate surface area is 86.7 Å². The minimum absolute atomic E-state index is 0.757. The summed E-state index contributed by atoms with van der Waals surface area (Å²) in [5, 5.41) is 0. The lowest BCUT2D eigenvalue weighted by atomic mass is 10.0. The molecule has 1 saturated heterocycles. The summed E-state index contributed by atoms with van der Waals surface area (Å²) >= 11 is 0. The van der Waals surface area contributed by atoms with Crippen molar-refractivity contribution in [3.63, 3.8) is 0 Å². The molecule has 14 heavy (non-hydrogen) atoms. The summed E-state index contributed by atoms with van der Waals surface area (Å²) in [6.45, 7) is 5.90. The maximum atomic E-state index is 2.59. The molecule has 1 aromatic carbocycles. The van der Waals surface area contributed by atoms with Gasteiger partial charge in [-0.25, -0.2) is 0 Å². The molecule has 2 rings (SSSR count). The van der Waals surface area contributed by atoms with E-state index in [1.807, 2.05) is 0 Å². The highest BCUT2D eigenvalue weighted by Crippen LogP contribution is 2.24. The van der Waals surface area contributed by atoms with E-state index in [-0.39, 0.29) is 0 Å². The van der Waals surface area contributed by atoms with Crippen molar-refractivity contribution >= 4 is 0 Å². The zero-order valence-electron chi connectivity index (χ0n) is 9.11. The smallest absolute Gasteiger partial charge is 0.0198 e. The molecule has 0 aliphatic carbocycles. The van der Waals surface area contributed by atoms with E-state index in [0.717, 1.165) is 12.1 Å². The van der Waals surface area contributed by atoms with Gasteiger partial charge in [-0.3, -0.25) is 4.90 Å². The minimum Gasteiger partial charge on any atom is -0.295 e. The van der Waals surface area contributed by atoms with Gasteiger partial charge in [0.15, 0.2) is 0 Å². The van der Waals surface area contributed by atoms with E-state index >= 15 is 0 Å². The third kappa shape index (κ3) is 2.16. The lowest BCUT2D eigenvalue weighted by Gasteiger charge is -2.16. The quantitative estimate of drug-likeness (QED) is 0.658. The van der Waals surface area contributed by atoms with Gasteiger partial charge in [0.1, 0.15) is 0 Å². The van der Waals surface area contributed by atoms with Gasteiger partial charge in [-0.2, -0.15) is 0 Å². The van der Waals surface area contributed by atoms with Gasteiger partial charge in [0.25, 0.3) is 0 Å². The van der Waals surface area contributed by atoms with E-state index in [1.54, 1.807) is 0 Å². The van der Waals surface area contributed by atoms with Crippen LogP contribution in [0, 0.1) is 0 Å². The third-order valence-corrected chi connectivity index (χ3v) is 3.16. The van der Waals surface area contributed by atoms with E-state index < -0.39 is 0 Å². The van der Waals surface area contributed by atoms with Crippen molar-refractivity contribution in [3.8, 4) is 0 Å². The summed E-state index contributed by atoms with van der Waals surface area (Å²) < 4.78 is 0. The van der Waals surface area contributed by atoms with Gasteiger partial charge in [0, 0.05) is 18.6 Å². The molecular formula is C13H19N. The van der Waals surface area contributed by atoms with Crippen LogP contribution < -0.4 is 0 Å². The topological polar surface area (TPSA) is 3.01 Å². The molecule has 1 heteroatoms. The number of hydrogen-bond acceptors (Lipinski definition) is 1. The van der Waals surface area contributed by atoms with Crippen molar-refractivity contribution in [2.45, 2.75) is 38.8 Å². The molecule has 1 aliphatic rings. The molecule has 1 aromatic rings. The summed E-state index contributed by atoms with van der Waals surface area (Å²) in [5.74, 6) is 0. The fourth-order valence-electron chi connectivity index (χ4n) is 2.15. The number of hydrogen-bond donors (Lipinski definition) is 0. The van der Waals surface area contributed by atoms with E-state index in [4.69, 9.17) is 0 Å². The Bertz CT molecular complexity index is 281. The summed E-state index contributed by atoms with van der Waals surface area (Å²) in [6, 6.07) is 12.4. The standard InChI is InChI=1S/C13H19N/c1-3-13(14-10-11(14)2)9-12-7-5-4-6-8-12/h4-8,11,13H,3,9-10H2,1-2H3/t11?,13-,14?/m0/s1. The second-order valence-electron chi connectivity index (χ2n) is 4.30. The molecular weight excluding hydrogens is 170 g/mol. The van der Waals surface area contributed by atoms with Crippen molar-refractivity contribution in [2.24, 2.45) is 0 Å². The number of benzene rings is 1. The van der Waals surface area contributed by atoms with Gasteiger partial charge in [0.2, 0.25) is 0 Å². The molecule has 0 N–H and O–H groups in total. The van der Waals surface area contributed by atoms with E-state index in [9.17, 15) is 0 Å². The first-order chi connectivity index (χ1) is 6.81. The molecule has 1 fully saturated rings. The van der Waals surface area contributed by atoms with Crippen LogP contribution in [0.2, 0.25) is 0 Å². The summed E-state index contributed by atoms with van der Waals surface area (Å²) in [7, 11) is 0. The number of rotatable bonds is 4. The molecule has 2 unspecified atom stereocenters. The number of nitrogens with zero attached hydrogens (tertiary/aromatic N) is 1. The zero-order valence-corrected chi connectivity index (χ0v) is 9.11. The SMILES string of the molecule is CC[C@@H](Cc1ccccc1)N1CC1C. The van der Waals surface area contributed by atoms with Gasteiger partial charge in [-0.1, -0.05) is 37.3 Å². The van der Waals surface area contributed by atoms with Crippen molar-refractivity contribution in [2.75, 3.05) is 6.54 Å². The molecule has 0 aromatic heterocycles. The van der Waals surface area contributed by atoms with Gasteiger partial charge < -0.3 is 0 Å². The Kier molecular flexibility index (Phi) is 2.87. The molecule has 1 heterocycles. The molecule has 1 nitrogen and oxygen atoms in total. The predicted molar refractivity (Wildman–Crippen MR) is 60.4 cm³/mol. The van der Waals surface area contributed by atoms with Crippen LogP contribution in [0.5, 0.6) is 0 Å². The molecule has 3 atom stereocenters. The van der Waals surface area contributed by atoms with Crippen LogP contribution in [0.25, 0.3) is 0 Å². The average molecular weight is 189 g/mol. The van der Waals surface area contributed by atoms with Gasteiger partial charge in [0.05, 0.1) is 0 Å². The molecule has 0 radical (unpaired) electrons. The predicted octanol–water partition coefficient (Wildman–Crippen LogP) is 2.71. The highest BCUT2D eigenvalue weighted by Gasteiger charge is 2.34. The lowest BCUT2D eigenvalue weighted by Crippen LogP contribution is -2.21. The van der Waals surface area contributed by atoms with Crippen molar-refractivity contribution in [1.29, 1.82) is 0 Å². The first kappa shape index (κ1) is 9.72. The lowest BCUT2D eigenvalue weighted by molar-refractivity contribution is 0.362. The van der Waals surface area contributed by atoms with Crippen LogP contribution in [-0.4, -0.2) is 23.5 Å². The van der Waals surface area contributed by atoms with Gasteiger partial charge in [-0.15, -0.1) is 0 Å². The molecule has 0 bridgehead atoms. The Balaban J connectivity index is 1.95. The fraction of sp³-hybridized carbons (Fsp3) is 0.538. The third-order valence-electron chi connectivity index (χ3n) is 3.16.